The Kier molecular flexibility index (Phi) is 5.44. The molecule has 0 N–H and O–H groups in total. The standard InChI is InChI=1S/C29H37N3O2/c1-20-12-26(21(2)32(20)25-6-4-3-5-7-25)27(33)19-30-8-10-31(11-9-30)28(34)29-16-22-13-23(17-29)15-24(14-22)18-29/h3-7,12,22-24H,8-11,13-19H2,1-2H3. The van der Waals surface area contributed by atoms with E-state index >= 15 is 0 Å². The molecule has 4 bridgehead atoms. The van der Waals surface area contributed by atoms with Gasteiger partial charge in [-0.1, -0.05) is 18.2 Å². The largest absolute Gasteiger partial charge is 0.340 e. The van der Waals surface area contributed by atoms with Gasteiger partial charge in [0.15, 0.2) is 5.78 Å². The van der Waals surface area contributed by atoms with Crippen LogP contribution < -0.4 is 0 Å². The summed E-state index contributed by atoms with van der Waals surface area (Å²) in [6.07, 6.45) is 7.50. The topological polar surface area (TPSA) is 45.6 Å². The first-order valence-corrected chi connectivity index (χ1v) is 13.2. The average Bonchev–Trinajstić information content (AvgIpc) is 3.12. The lowest BCUT2D eigenvalue weighted by Gasteiger charge is -2.57. The molecule has 2 aromatic rings. The lowest BCUT2D eigenvalue weighted by Crippen LogP contribution is -2.58. The summed E-state index contributed by atoms with van der Waals surface area (Å²) in [4.78, 5) is 31.3. The summed E-state index contributed by atoms with van der Waals surface area (Å²) < 4.78 is 2.16. The number of piperazine rings is 1. The number of carbonyl (C=O) groups excluding carboxylic acids is 2. The Morgan fingerprint density at radius 1 is 0.882 bits per heavy atom. The normalized spacial score (nSPS) is 30.6. The predicted octanol–water partition coefficient (Wildman–Crippen LogP) is 4.64. The average molecular weight is 460 g/mol. The predicted molar refractivity (Wildman–Crippen MR) is 133 cm³/mol. The van der Waals surface area contributed by atoms with Crippen LogP contribution in [0.25, 0.3) is 5.69 Å². The number of rotatable bonds is 5. The minimum absolute atomic E-state index is 0.0538. The monoisotopic (exact) mass is 459 g/mol. The van der Waals surface area contributed by atoms with Crippen molar-refractivity contribution in [2.75, 3.05) is 32.7 Å². The van der Waals surface area contributed by atoms with Crippen LogP contribution in [0.3, 0.4) is 0 Å². The van der Waals surface area contributed by atoms with Crippen molar-refractivity contribution in [1.29, 1.82) is 0 Å². The molecule has 0 atom stereocenters. The summed E-state index contributed by atoms with van der Waals surface area (Å²) >= 11 is 0. The fraction of sp³-hybridized carbons (Fsp3) is 0.586. The molecule has 1 aromatic carbocycles. The quantitative estimate of drug-likeness (QED) is 0.612. The summed E-state index contributed by atoms with van der Waals surface area (Å²) in [5, 5.41) is 0. The molecule has 1 saturated heterocycles. The highest BCUT2D eigenvalue weighted by Gasteiger charge is 2.55. The molecule has 1 aliphatic heterocycles. The van der Waals surface area contributed by atoms with Crippen LogP contribution in [0.1, 0.15) is 60.3 Å². The molecule has 5 nitrogen and oxygen atoms in total. The van der Waals surface area contributed by atoms with Gasteiger partial charge in [0.1, 0.15) is 0 Å². The highest BCUT2D eigenvalue weighted by atomic mass is 16.2. The van der Waals surface area contributed by atoms with Crippen LogP contribution in [0.4, 0.5) is 0 Å². The smallest absolute Gasteiger partial charge is 0.228 e. The summed E-state index contributed by atoms with van der Waals surface area (Å²) in [6.45, 7) is 7.63. The van der Waals surface area contributed by atoms with Gasteiger partial charge in [0.2, 0.25) is 5.91 Å². The van der Waals surface area contributed by atoms with E-state index in [4.69, 9.17) is 0 Å². The van der Waals surface area contributed by atoms with Crippen molar-refractivity contribution >= 4 is 11.7 Å². The molecule has 0 radical (unpaired) electrons. The highest BCUT2D eigenvalue weighted by molar-refractivity contribution is 5.99. The van der Waals surface area contributed by atoms with E-state index < -0.39 is 0 Å². The van der Waals surface area contributed by atoms with E-state index in [9.17, 15) is 9.59 Å². The Balaban J connectivity index is 1.09. The first-order chi connectivity index (χ1) is 16.4. The number of para-hydroxylation sites is 1. The molecule has 5 fully saturated rings. The molecule has 4 aliphatic carbocycles. The Hall–Kier alpha value is -2.40. The third-order valence-electron chi connectivity index (χ3n) is 9.26. The van der Waals surface area contributed by atoms with Crippen LogP contribution in [0, 0.1) is 37.0 Å². The Morgan fingerprint density at radius 2 is 1.47 bits per heavy atom. The van der Waals surface area contributed by atoms with Gasteiger partial charge in [0.25, 0.3) is 0 Å². The van der Waals surface area contributed by atoms with Gasteiger partial charge in [-0.15, -0.1) is 0 Å². The third-order valence-corrected chi connectivity index (χ3v) is 9.26. The number of hydrogen-bond donors (Lipinski definition) is 0. The van der Waals surface area contributed by atoms with Crippen molar-refractivity contribution in [1.82, 2.24) is 14.4 Å². The fourth-order valence-electron chi connectivity index (χ4n) is 8.12. The van der Waals surface area contributed by atoms with E-state index in [0.29, 0.717) is 12.5 Å². The van der Waals surface area contributed by atoms with Crippen molar-refractivity contribution in [3.8, 4) is 5.69 Å². The second kappa shape index (κ2) is 8.37. The Morgan fingerprint density at radius 3 is 2.06 bits per heavy atom. The van der Waals surface area contributed by atoms with Gasteiger partial charge in [0.05, 0.1) is 12.0 Å². The van der Waals surface area contributed by atoms with E-state index in [1.807, 2.05) is 31.2 Å². The minimum atomic E-state index is -0.0538. The first-order valence-electron chi connectivity index (χ1n) is 13.2. The molecule has 0 unspecified atom stereocenters. The fourth-order valence-corrected chi connectivity index (χ4v) is 8.12. The SMILES string of the molecule is Cc1cc(C(=O)CN2CCN(C(=O)C34CC5CC(CC(C5)C3)C4)CC2)c(C)n1-c1ccccc1. The van der Waals surface area contributed by atoms with Gasteiger partial charge < -0.3 is 9.47 Å². The molecule has 7 rings (SSSR count). The summed E-state index contributed by atoms with van der Waals surface area (Å²) in [7, 11) is 0. The Bertz CT molecular complexity index is 1060. The van der Waals surface area contributed by atoms with Crippen LogP contribution in [-0.2, 0) is 4.79 Å². The number of amides is 1. The molecule has 1 aromatic heterocycles. The van der Waals surface area contributed by atoms with Gasteiger partial charge in [-0.05, 0) is 88.3 Å². The van der Waals surface area contributed by atoms with Gasteiger partial charge in [-0.3, -0.25) is 14.5 Å². The second-order valence-electron chi connectivity index (χ2n) is 11.6. The van der Waals surface area contributed by atoms with Crippen LogP contribution in [0.15, 0.2) is 36.4 Å². The third kappa shape index (κ3) is 3.73. The molecule has 180 valence electrons. The van der Waals surface area contributed by atoms with E-state index in [1.54, 1.807) is 0 Å². The first kappa shape index (κ1) is 22.1. The van der Waals surface area contributed by atoms with E-state index in [2.05, 4.69) is 33.4 Å². The summed E-state index contributed by atoms with van der Waals surface area (Å²) in [6, 6.07) is 12.2. The number of nitrogens with zero attached hydrogens (tertiary/aromatic N) is 3. The molecule has 1 amide bonds. The molecule has 0 spiro atoms. The van der Waals surface area contributed by atoms with Gasteiger partial charge in [0, 0.05) is 48.8 Å². The van der Waals surface area contributed by atoms with Crippen molar-refractivity contribution in [2.45, 2.75) is 52.4 Å². The lowest BCUT2D eigenvalue weighted by atomic mass is 9.49. The number of carbonyl (C=O) groups is 2. The second-order valence-corrected chi connectivity index (χ2v) is 11.6. The molecule has 34 heavy (non-hydrogen) atoms. The Labute approximate surface area is 203 Å². The minimum Gasteiger partial charge on any atom is -0.340 e. The van der Waals surface area contributed by atoms with Gasteiger partial charge in [-0.25, -0.2) is 0 Å². The molecule has 5 heteroatoms. The maximum absolute atomic E-state index is 13.7. The van der Waals surface area contributed by atoms with Crippen molar-refractivity contribution in [3.05, 3.63) is 53.3 Å². The van der Waals surface area contributed by atoms with Crippen LogP contribution in [0.2, 0.25) is 0 Å². The van der Waals surface area contributed by atoms with Crippen LogP contribution in [0.5, 0.6) is 0 Å². The van der Waals surface area contributed by atoms with E-state index in [0.717, 1.165) is 85.8 Å². The maximum atomic E-state index is 13.7. The molecule has 2 heterocycles. The van der Waals surface area contributed by atoms with E-state index in [-0.39, 0.29) is 11.2 Å². The van der Waals surface area contributed by atoms with Gasteiger partial charge in [-0.2, -0.15) is 0 Å². The summed E-state index contributed by atoms with van der Waals surface area (Å²) in [5.74, 6) is 3.00. The van der Waals surface area contributed by atoms with Crippen LogP contribution in [-0.4, -0.2) is 58.8 Å². The molecular weight excluding hydrogens is 422 g/mol. The molecular formula is C29H37N3O2. The molecule has 5 aliphatic rings. The maximum Gasteiger partial charge on any atom is 0.228 e. The lowest BCUT2D eigenvalue weighted by molar-refractivity contribution is -0.159. The number of aryl methyl sites for hydroxylation is 1. The van der Waals surface area contributed by atoms with E-state index in [1.165, 1.54) is 19.3 Å². The van der Waals surface area contributed by atoms with Crippen molar-refractivity contribution in [3.63, 3.8) is 0 Å². The number of hydrogen-bond acceptors (Lipinski definition) is 3. The number of ketones is 1. The van der Waals surface area contributed by atoms with Gasteiger partial charge >= 0.3 is 0 Å². The number of benzene rings is 1. The number of aromatic nitrogens is 1. The highest BCUT2D eigenvalue weighted by Crippen LogP contribution is 2.60. The zero-order chi connectivity index (χ0) is 23.4. The van der Waals surface area contributed by atoms with Crippen molar-refractivity contribution < 1.29 is 9.59 Å². The number of Topliss-reactive ketones (excluding diaryl/α,β-unsaturated/α-hetero) is 1. The zero-order valence-corrected chi connectivity index (χ0v) is 20.6. The molecule has 4 saturated carbocycles. The summed E-state index contributed by atoms with van der Waals surface area (Å²) in [5.41, 5.74) is 3.94. The van der Waals surface area contributed by atoms with Crippen molar-refractivity contribution in [2.24, 2.45) is 23.2 Å². The zero-order valence-electron chi connectivity index (χ0n) is 20.6. The van der Waals surface area contributed by atoms with Crippen LogP contribution >= 0.6 is 0 Å².